The highest BCUT2D eigenvalue weighted by Gasteiger charge is 2.21. The van der Waals surface area contributed by atoms with E-state index in [0.717, 1.165) is 23.5 Å². The molecule has 0 spiro atoms. The third kappa shape index (κ3) is 3.90. The number of ether oxygens (including phenoxy) is 2. The molecule has 24 heavy (non-hydrogen) atoms. The molecular formula is C17H23N3O4. The van der Waals surface area contributed by atoms with Crippen LogP contribution in [0.25, 0.3) is 0 Å². The molecule has 0 aliphatic carbocycles. The van der Waals surface area contributed by atoms with Gasteiger partial charge in [0.2, 0.25) is 5.91 Å². The van der Waals surface area contributed by atoms with Crippen LogP contribution in [0.1, 0.15) is 12.5 Å². The fourth-order valence-corrected chi connectivity index (χ4v) is 2.89. The van der Waals surface area contributed by atoms with Gasteiger partial charge in [-0.1, -0.05) is 6.07 Å². The molecule has 1 fully saturated rings. The molecule has 7 heteroatoms. The van der Waals surface area contributed by atoms with Crippen LogP contribution in [0, 0.1) is 0 Å². The van der Waals surface area contributed by atoms with Crippen molar-refractivity contribution in [1.29, 1.82) is 0 Å². The van der Waals surface area contributed by atoms with E-state index in [1.54, 1.807) is 16.7 Å². The summed E-state index contributed by atoms with van der Waals surface area (Å²) in [5.41, 5.74) is 1.10. The van der Waals surface area contributed by atoms with E-state index >= 15 is 0 Å². The Morgan fingerprint density at radius 1 is 1.04 bits per heavy atom. The number of piperazine rings is 1. The summed E-state index contributed by atoms with van der Waals surface area (Å²) in [6.07, 6.45) is 0.732. The van der Waals surface area contributed by atoms with Gasteiger partial charge in [-0.2, -0.15) is 0 Å². The predicted octanol–water partition coefficient (Wildman–Crippen LogP) is 0.874. The minimum Gasteiger partial charge on any atom is -0.486 e. The van der Waals surface area contributed by atoms with Gasteiger partial charge in [0.05, 0.1) is 0 Å². The molecule has 1 saturated heterocycles. The molecule has 1 aromatic carbocycles. The first-order chi connectivity index (χ1) is 11.6. The van der Waals surface area contributed by atoms with E-state index in [2.05, 4.69) is 5.32 Å². The zero-order chi connectivity index (χ0) is 16.9. The molecule has 3 rings (SSSR count). The molecule has 2 aliphatic heterocycles. The Hall–Kier alpha value is -2.44. The van der Waals surface area contributed by atoms with Gasteiger partial charge < -0.3 is 24.6 Å². The zero-order valence-electron chi connectivity index (χ0n) is 13.9. The highest BCUT2D eigenvalue weighted by Crippen LogP contribution is 2.30. The number of fused-ring (bicyclic) bond motifs is 1. The van der Waals surface area contributed by atoms with Crippen molar-refractivity contribution >= 4 is 11.9 Å². The first kappa shape index (κ1) is 16.4. The second-order valence-electron chi connectivity index (χ2n) is 5.95. The lowest BCUT2D eigenvalue weighted by Crippen LogP contribution is -2.52. The zero-order valence-corrected chi connectivity index (χ0v) is 13.9. The van der Waals surface area contributed by atoms with Crippen molar-refractivity contribution in [2.75, 3.05) is 45.9 Å². The van der Waals surface area contributed by atoms with Crippen molar-refractivity contribution in [3.05, 3.63) is 23.8 Å². The van der Waals surface area contributed by atoms with Crippen LogP contribution in [-0.2, 0) is 11.2 Å². The van der Waals surface area contributed by atoms with Crippen LogP contribution in [0.3, 0.4) is 0 Å². The summed E-state index contributed by atoms with van der Waals surface area (Å²) < 4.78 is 11.1. The van der Waals surface area contributed by atoms with Crippen molar-refractivity contribution in [2.24, 2.45) is 0 Å². The van der Waals surface area contributed by atoms with Crippen molar-refractivity contribution in [1.82, 2.24) is 15.1 Å². The van der Waals surface area contributed by atoms with Gasteiger partial charge in [-0.05, 0) is 24.1 Å². The summed E-state index contributed by atoms with van der Waals surface area (Å²) in [4.78, 5) is 27.0. The summed E-state index contributed by atoms with van der Waals surface area (Å²) in [5.74, 6) is 1.61. The summed E-state index contributed by atoms with van der Waals surface area (Å²) in [6.45, 7) is 5.63. The number of carbonyl (C=O) groups is 2. The molecule has 7 nitrogen and oxygen atoms in total. The molecule has 1 N–H and O–H groups in total. The van der Waals surface area contributed by atoms with Crippen LogP contribution in [0.2, 0.25) is 0 Å². The monoisotopic (exact) mass is 333 g/mol. The molecule has 2 heterocycles. The normalized spacial score (nSPS) is 16.7. The average molecular weight is 333 g/mol. The van der Waals surface area contributed by atoms with Crippen molar-refractivity contribution in [3.63, 3.8) is 0 Å². The molecule has 2 aliphatic rings. The van der Waals surface area contributed by atoms with E-state index in [0.29, 0.717) is 45.9 Å². The third-order valence-electron chi connectivity index (χ3n) is 4.31. The van der Waals surface area contributed by atoms with Crippen molar-refractivity contribution < 1.29 is 19.1 Å². The fourth-order valence-electron chi connectivity index (χ4n) is 2.89. The van der Waals surface area contributed by atoms with E-state index < -0.39 is 0 Å². The maximum atomic E-state index is 12.2. The molecule has 0 unspecified atom stereocenters. The highest BCUT2D eigenvalue weighted by atomic mass is 16.6. The van der Waals surface area contributed by atoms with Gasteiger partial charge in [0.1, 0.15) is 13.2 Å². The summed E-state index contributed by atoms with van der Waals surface area (Å²) in [7, 11) is 0. The van der Waals surface area contributed by atoms with Gasteiger partial charge in [-0.25, -0.2) is 4.79 Å². The van der Waals surface area contributed by atoms with Crippen LogP contribution < -0.4 is 14.8 Å². The van der Waals surface area contributed by atoms with E-state index in [9.17, 15) is 9.59 Å². The first-order valence-electron chi connectivity index (χ1n) is 8.30. The highest BCUT2D eigenvalue weighted by molar-refractivity contribution is 5.76. The number of nitrogens with zero attached hydrogens (tertiary/aromatic N) is 2. The lowest BCUT2D eigenvalue weighted by molar-refractivity contribution is -0.130. The molecule has 0 saturated carbocycles. The number of carbonyl (C=O) groups excluding carboxylic acids is 2. The fraction of sp³-hybridized carbons (Fsp3) is 0.529. The SMILES string of the molecule is CC(=O)N1CCN(C(=O)NCCc2ccc3c(c2)OCCO3)CC1. The third-order valence-corrected chi connectivity index (χ3v) is 4.31. The van der Waals surface area contributed by atoms with Gasteiger partial charge in [-0.3, -0.25) is 4.79 Å². The van der Waals surface area contributed by atoms with E-state index in [4.69, 9.17) is 9.47 Å². The van der Waals surface area contributed by atoms with Gasteiger partial charge in [-0.15, -0.1) is 0 Å². The van der Waals surface area contributed by atoms with Crippen molar-refractivity contribution in [2.45, 2.75) is 13.3 Å². The number of benzene rings is 1. The average Bonchev–Trinajstić information content (AvgIpc) is 2.61. The Labute approximate surface area is 141 Å². The molecule has 0 atom stereocenters. The predicted molar refractivity (Wildman–Crippen MR) is 88.4 cm³/mol. The molecule has 1 aromatic rings. The second-order valence-corrected chi connectivity index (χ2v) is 5.95. The second kappa shape index (κ2) is 7.42. The molecule has 0 radical (unpaired) electrons. The molecule has 0 bridgehead atoms. The van der Waals surface area contributed by atoms with Crippen LogP contribution >= 0.6 is 0 Å². The van der Waals surface area contributed by atoms with Gasteiger partial charge >= 0.3 is 6.03 Å². The Morgan fingerprint density at radius 2 is 1.71 bits per heavy atom. The van der Waals surface area contributed by atoms with Crippen LogP contribution in [0.15, 0.2) is 18.2 Å². The minimum atomic E-state index is -0.0734. The van der Waals surface area contributed by atoms with Gasteiger partial charge in [0.25, 0.3) is 0 Å². The van der Waals surface area contributed by atoms with Crippen LogP contribution in [-0.4, -0.2) is 67.7 Å². The Kier molecular flexibility index (Phi) is 5.08. The molecular weight excluding hydrogens is 310 g/mol. The lowest BCUT2D eigenvalue weighted by Gasteiger charge is -2.34. The standard InChI is InChI=1S/C17H23N3O4/c1-13(21)19-6-8-20(9-7-19)17(22)18-5-4-14-2-3-15-16(12-14)24-11-10-23-15/h2-3,12H,4-11H2,1H3,(H,18,22). The Balaban J connectivity index is 1.43. The first-order valence-corrected chi connectivity index (χ1v) is 8.30. The van der Waals surface area contributed by atoms with E-state index in [-0.39, 0.29) is 11.9 Å². The number of hydrogen-bond acceptors (Lipinski definition) is 4. The van der Waals surface area contributed by atoms with E-state index in [1.807, 2.05) is 18.2 Å². The number of urea groups is 1. The summed E-state index contributed by atoms with van der Waals surface area (Å²) in [5, 5.41) is 2.94. The Bertz CT molecular complexity index is 612. The quantitative estimate of drug-likeness (QED) is 0.891. The lowest BCUT2D eigenvalue weighted by atomic mass is 10.1. The molecule has 3 amide bonds. The number of rotatable bonds is 3. The van der Waals surface area contributed by atoms with E-state index in [1.165, 1.54) is 0 Å². The van der Waals surface area contributed by atoms with Gasteiger partial charge in [0.15, 0.2) is 11.5 Å². The summed E-state index contributed by atoms with van der Waals surface area (Å²) in [6, 6.07) is 5.79. The van der Waals surface area contributed by atoms with Crippen molar-refractivity contribution in [3.8, 4) is 11.5 Å². The number of amides is 3. The Morgan fingerprint density at radius 3 is 2.42 bits per heavy atom. The van der Waals surface area contributed by atoms with Gasteiger partial charge in [0, 0.05) is 39.6 Å². The summed E-state index contributed by atoms with van der Waals surface area (Å²) >= 11 is 0. The molecule has 0 aromatic heterocycles. The minimum absolute atomic E-state index is 0.0636. The largest absolute Gasteiger partial charge is 0.486 e. The maximum Gasteiger partial charge on any atom is 0.317 e. The number of nitrogens with one attached hydrogen (secondary N) is 1. The smallest absolute Gasteiger partial charge is 0.317 e. The molecule has 130 valence electrons. The number of hydrogen-bond donors (Lipinski definition) is 1. The van der Waals surface area contributed by atoms with Crippen LogP contribution in [0.4, 0.5) is 4.79 Å². The maximum absolute atomic E-state index is 12.2. The van der Waals surface area contributed by atoms with Crippen LogP contribution in [0.5, 0.6) is 11.5 Å². The topological polar surface area (TPSA) is 71.1 Å².